The molecular weight excluding hydrogens is 326 g/mol. The smallest absolute Gasteiger partial charge is 0.191 e. The van der Waals surface area contributed by atoms with Gasteiger partial charge < -0.3 is 20.1 Å². The van der Waals surface area contributed by atoms with Crippen LogP contribution in [0.3, 0.4) is 0 Å². The molecule has 2 aromatic carbocycles. The Bertz CT molecular complexity index is 701. The van der Waals surface area contributed by atoms with E-state index < -0.39 is 0 Å². The number of hydrogen-bond donors (Lipinski definition) is 2. The Kier molecular flexibility index (Phi) is 8.33. The van der Waals surface area contributed by atoms with Gasteiger partial charge in [0.05, 0.1) is 20.8 Å². The van der Waals surface area contributed by atoms with Gasteiger partial charge in [0.25, 0.3) is 0 Å². The molecule has 0 fully saturated rings. The van der Waals surface area contributed by atoms with Crippen molar-refractivity contribution in [2.24, 2.45) is 4.99 Å². The van der Waals surface area contributed by atoms with Gasteiger partial charge >= 0.3 is 0 Å². The summed E-state index contributed by atoms with van der Waals surface area (Å²) in [6.45, 7) is 4.38. The topological polar surface area (TPSA) is 54.9 Å². The zero-order chi connectivity index (χ0) is 18.6. The van der Waals surface area contributed by atoms with Gasteiger partial charge in [-0.15, -0.1) is 0 Å². The fraction of sp³-hybridized carbons (Fsp3) is 0.381. The molecule has 2 N–H and O–H groups in total. The zero-order valence-corrected chi connectivity index (χ0v) is 15.9. The molecule has 0 unspecified atom stereocenters. The lowest BCUT2D eigenvalue weighted by Gasteiger charge is -2.12. The number of aliphatic imine (C=N–C) groups is 1. The molecule has 0 aromatic heterocycles. The molecule has 5 heteroatoms. The Hall–Kier alpha value is -2.69. The molecule has 0 atom stereocenters. The summed E-state index contributed by atoms with van der Waals surface area (Å²) in [5, 5.41) is 6.68. The lowest BCUT2D eigenvalue weighted by atomic mass is 10.1. The Morgan fingerprint density at radius 1 is 0.923 bits per heavy atom. The first-order valence-electron chi connectivity index (χ1n) is 9.03. The molecule has 0 aliphatic heterocycles. The van der Waals surface area contributed by atoms with Crippen LogP contribution in [0.2, 0.25) is 0 Å². The number of aryl methyl sites for hydroxylation is 1. The molecule has 0 aliphatic carbocycles. The van der Waals surface area contributed by atoms with Crippen molar-refractivity contribution in [2.75, 3.05) is 27.3 Å². The van der Waals surface area contributed by atoms with Crippen molar-refractivity contribution >= 4 is 5.96 Å². The van der Waals surface area contributed by atoms with Gasteiger partial charge in [0.1, 0.15) is 11.5 Å². The summed E-state index contributed by atoms with van der Waals surface area (Å²) in [4.78, 5) is 4.65. The maximum Gasteiger partial charge on any atom is 0.191 e. The molecule has 2 aromatic rings. The second kappa shape index (κ2) is 11.0. The number of methoxy groups -OCH3 is 2. The summed E-state index contributed by atoms with van der Waals surface area (Å²) < 4.78 is 10.5. The minimum atomic E-state index is 0.614. The monoisotopic (exact) mass is 355 g/mol. The highest BCUT2D eigenvalue weighted by Gasteiger charge is 2.00. The first kappa shape index (κ1) is 19.6. The van der Waals surface area contributed by atoms with Gasteiger partial charge in [0, 0.05) is 13.1 Å². The predicted octanol–water partition coefficient (Wildman–Crippen LogP) is 3.39. The molecule has 0 heterocycles. The van der Waals surface area contributed by atoms with E-state index in [1.807, 2.05) is 30.3 Å². The van der Waals surface area contributed by atoms with Crippen LogP contribution in [0.4, 0.5) is 0 Å². The van der Waals surface area contributed by atoms with Crippen molar-refractivity contribution in [1.29, 1.82) is 0 Å². The summed E-state index contributed by atoms with van der Waals surface area (Å²) in [5.74, 6) is 2.60. The quantitative estimate of drug-likeness (QED) is 0.411. The first-order valence-corrected chi connectivity index (χ1v) is 9.03. The lowest BCUT2D eigenvalue weighted by molar-refractivity contribution is 0.414. The van der Waals surface area contributed by atoms with Crippen LogP contribution in [0.15, 0.2) is 53.5 Å². The normalized spacial score (nSPS) is 11.1. The van der Waals surface area contributed by atoms with E-state index in [2.05, 4.69) is 40.7 Å². The highest BCUT2D eigenvalue weighted by molar-refractivity contribution is 5.79. The van der Waals surface area contributed by atoms with Crippen LogP contribution in [0, 0.1) is 0 Å². The van der Waals surface area contributed by atoms with Gasteiger partial charge in [0.2, 0.25) is 0 Å². The van der Waals surface area contributed by atoms with E-state index in [1.165, 1.54) is 5.56 Å². The van der Waals surface area contributed by atoms with E-state index in [1.54, 1.807) is 14.2 Å². The third-order valence-electron chi connectivity index (χ3n) is 3.97. The third-order valence-corrected chi connectivity index (χ3v) is 3.97. The summed E-state index contributed by atoms with van der Waals surface area (Å²) >= 11 is 0. The van der Waals surface area contributed by atoms with Crippen molar-refractivity contribution in [1.82, 2.24) is 10.6 Å². The third kappa shape index (κ3) is 6.67. The summed E-state index contributed by atoms with van der Waals surface area (Å²) in [7, 11) is 3.37. The maximum absolute atomic E-state index is 5.27. The van der Waals surface area contributed by atoms with E-state index in [0.717, 1.165) is 49.0 Å². The largest absolute Gasteiger partial charge is 0.497 e. The minimum Gasteiger partial charge on any atom is -0.497 e. The van der Waals surface area contributed by atoms with Gasteiger partial charge in [-0.3, -0.25) is 0 Å². The highest BCUT2D eigenvalue weighted by atomic mass is 16.5. The van der Waals surface area contributed by atoms with Crippen molar-refractivity contribution in [3.63, 3.8) is 0 Å². The molecule has 0 spiro atoms. The number of nitrogens with one attached hydrogen (secondary N) is 2. The van der Waals surface area contributed by atoms with Gasteiger partial charge in [-0.05, 0) is 55.2 Å². The first-order chi connectivity index (χ1) is 12.7. The number of nitrogens with zero attached hydrogens (tertiary/aromatic N) is 1. The van der Waals surface area contributed by atoms with Crippen LogP contribution in [-0.2, 0) is 13.0 Å². The van der Waals surface area contributed by atoms with Gasteiger partial charge in [0.15, 0.2) is 5.96 Å². The average Bonchev–Trinajstić information content (AvgIpc) is 2.69. The number of hydrogen-bond acceptors (Lipinski definition) is 3. The van der Waals surface area contributed by atoms with Crippen molar-refractivity contribution < 1.29 is 9.47 Å². The average molecular weight is 355 g/mol. The summed E-state index contributed by atoms with van der Waals surface area (Å²) in [5.41, 5.74) is 2.41. The Labute approximate surface area is 156 Å². The van der Waals surface area contributed by atoms with Crippen LogP contribution in [0.25, 0.3) is 0 Å². The van der Waals surface area contributed by atoms with Crippen LogP contribution in [0.5, 0.6) is 11.5 Å². The van der Waals surface area contributed by atoms with Crippen molar-refractivity contribution in [3.05, 3.63) is 59.7 Å². The molecule has 0 aliphatic rings. The zero-order valence-electron chi connectivity index (χ0n) is 15.9. The molecule has 0 saturated heterocycles. The van der Waals surface area contributed by atoms with Gasteiger partial charge in [-0.1, -0.05) is 24.3 Å². The molecule has 0 bridgehead atoms. The number of benzene rings is 2. The Morgan fingerprint density at radius 3 is 2.23 bits per heavy atom. The molecular formula is C21H29N3O2. The summed E-state index contributed by atoms with van der Waals surface area (Å²) in [6.07, 6.45) is 2.02. The van der Waals surface area contributed by atoms with E-state index in [9.17, 15) is 0 Å². The Balaban J connectivity index is 1.82. The molecule has 140 valence electrons. The number of rotatable bonds is 9. The second-order valence-corrected chi connectivity index (χ2v) is 5.93. The predicted molar refractivity (Wildman–Crippen MR) is 107 cm³/mol. The van der Waals surface area contributed by atoms with Crippen molar-refractivity contribution in [2.45, 2.75) is 26.3 Å². The van der Waals surface area contributed by atoms with Gasteiger partial charge in [-0.2, -0.15) is 0 Å². The van der Waals surface area contributed by atoms with E-state index in [-0.39, 0.29) is 0 Å². The summed E-state index contributed by atoms with van der Waals surface area (Å²) in [6, 6.07) is 16.2. The highest BCUT2D eigenvalue weighted by Crippen LogP contribution is 2.14. The standard InChI is InChI=1S/C21H29N3O2/c1-4-22-21(24-16-18-9-6-12-20(15-18)26-3)23-13-7-10-17-8-5-11-19(14-17)25-2/h5-6,8-9,11-12,14-15H,4,7,10,13,16H2,1-3H3,(H2,22,23,24). The molecule has 0 saturated carbocycles. The van der Waals surface area contributed by atoms with E-state index in [0.29, 0.717) is 6.54 Å². The van der Waals surface area contributed by atoms with Crippen LogP contribution >= 0.6 is 0 Å². The van der Waals surface area contributed by atoms with Crippen LogP contribution < -0.4 is 20.1 Å². The van der Waals surface area contributed by atoms with E-state index in [4.69, 9.17) is 9.47 Å². The number of guanidine groups is 1. The lowest BCUT2D eigenvalue weighted by Crippen LogP contribution is -2.37. The maximum atomic E-state index is 5.27. The van der Waals surface area contributed by atoms with E-state index >= 15 is 0 Å². The SMILES string of the molecule is CCNC(=NCc1cccc(OC)c1)NCCCc1cccc(OC)c1. The molecule has 2 rings (SSSR count). The molecule has 0 radical (unpaired) electrons. The Morgan fingerprint density at radius 2 is 1.58 bits per heavy atom. The molecule has 0 amide bonds. The minimum absolute atomic E-state index is 0.614. The van der Waals surface area contributed by atoms with Crippen LogP contribution in [-0.4, -0.2) is 33.3 Å². The number of ether oxygens (including phenoxy) is 2. The van der Waals surface area contributed by atoms with Crippen LogP contribution in [0.1, 0.15) is 24.5 Å². The molecule has 26 heavy (non-hydrogen) atoms. The fourth-order valence-electron chi connectivity index (χ4n) is 2.61. The van der Waals surface area contributed by atoms with Crippen molar-refractivity contribution in [3.8, 4) is 11.5 Å². The molecule has 5 nitrogen and oxygen atoms in total. The fourth-order valence-corrected chi connectivity index (χ4v) is 2.61. The van der Waals surface area contributed by atoms with Gasteiger partial charge in [-0.25, -0.2) is 4.99 Å². The second-order valence-electron chi connectivity index (χ2n) is 5.93.